The van der Waals surface area contributed by atoms with Gasteiger partial charge in [-0.25, -0.2) is 8.42 Å². The Kier molecular flexibility index (Phi) is 6.71. The van der Waals surface area contributed by atoms with Crippen LogP contribution in [0.25, 0.3) is 0 Å². The molecule has 0 aromatic heterocycles. The van der Waals surface area contributed by atoms with E-state index >= 15 is 0 Å². The third-order valence-electron chi connectivity index (χ3n) is 3.09. The van der Waals surface area contributed by atoms with E-state index in [1.54, 1.807) is 19.9 Å². The molecule has 0 aliphatic rings. The highest BCUT2D eigenvalue weighted by Crippen LogP contribution is 2.15. The number of ether oxygens (including phenoxy) is 1. The van der Waals surface area contributed by atoms with E-state index in [9.17, 15) is 18.0 Å². The molecular formula is C15H21NO6S. The Morgan fingerprint density at radius 2 is 1.96 bits per heavy atom. The number of sulfonamides is 1. The Hall–Kier alpha value is -1.93. The quantitative estimate of drug-likeness (QED) is 0.686. The van der Waals surface area contributed by atoms with Crippen LogP contribution in [0.15, 0.2) is 29.2 Å². The van der Waals surface area contributed by atoms with Gasteiger partial charge in [-0.1, -0.05) is 26.0 Å². The van der Waals surface area contributed by atoms with Crippen LogP contribution in [0.5, 0.6) is 0 Å². The Morgan fingerprint density at radius 3 is 2.48 bits per heavy atom. The van der Waals surface area contributed by atoms with Gasteiger partial charge < -0.3 is 9.84 Å². The summed E-state index contributed by atoms with van der Waals surface area (Å²) in [6.07, 6.45) is 0.116. The molecule has 0 aliphatic carbocycles. The van der Waals surface area contributed by atoms with E-state index in [2.05, 4.69) is 9.46 Å². The summed E-state index contributed by atoms with van der Waals surface area (Å²) in [4.78, 5) is 22.4. The third-order valence-corrected chi connectivity index (χ3v) is 4.56. The Labute approximate surface area is 135 Å². The molecule has 0 fully saturated rings. The van der Waals surface area contributed by atoms with Crippen molar-refractivity contribution in [2.75, 3.05) is 7.11 Å². The summed E-state index contributed by atoms with van der Waals surface area (Å²) in [7, 11) is -2.75. The monoisotopic (exact) mass is 343 g/mol. The number of benzene rings is 1. The fourth-order valence-electron chi connectivity index (χ4n) is 1.99. The molecule has 1 unspecified atom stereocenters. The number of carboxylic acids is 1. The normalized spacial score (nSPS) is 12.9. The van der Waals surface area contributed by atoms with Crippen molar-refractivity contribution in [1.29, 1.82) is 0 Å². The first-order chi connectivity index (χ1) is 10.7. The topological polar surface area (TPSA) is 110 Å². The highest BCUT2D eigenvalue weighted by Gasteiger charge is 2.26. The zero-order chi connectivity index (χ0) is 17.6. The second-order valence-electron chi connectivity index (χ2n) is 5.54. The van der Waals surface area contributed by atoms with Crippen LogP contribution in [0.2, 0.25) is 0 Å². The van der Waals surface area contributed by atoms with Crippen molar-refractivity contribution in [3.05, 3.63) is 29.8 Å². The minimum absolute atomic E-state index is 0.0180. The van der Waals surface area contributed by atoms with Crippen LogP contribution in [-0.2, 0) is 30.8 Å². The van der Waals surface area contributed by atoms with Gasteiger partial charge in [0.2, 0.25) is 10.0 Å². The second-order valence-corrected chi connectivity index (χ2v) is 7.26. The van der Waals surface area contributed by atoms with Crippen molar-refractivity contribution in [3.8, 4) is 0 Å². The van der Waals surface area contributed by atoms with Crippen LogP contribution in [-0.4, -0.2) is 38.6 Å². The average molecular weight is 343 g/mol. The maximum absolute atomic E-state index is 12.3. The molecule has 0 saturated carbocycles. The minimum atomic E-state index is -4.00. The van der Waals surface area contributed by atoms with Crippen molar-refractivity contribution in [1.82, 2.24) is 4.72 Å². The molecule has 0 amide bonds. The zero-order valence-electron chi connectivity index (χ0n) is 13.3. The molecule has 128 valence electrons. The lowest BCUT2D eigenvalue weighted by Crippen LogP contribution is -2.41. The van der Waals surface area contributed by atoms with Crippen molar-refractivity contribution in [2.45, 2.75) is 37.6 Å². The molecule has 0 bridgehead atoms. The van der Waals surface area contributed by atoms with Gasteiger partial charge in [0.1, 0.15) is 6.04 Å². The number of hydrogen-bond donors (Lipinski definition) is 2. The van der Waals surface area contributed by atoms with Gasteiger partial charge in [0.05, 0.1) is 18.4 Å². The minimum Gasteiger partial charge on any atom is -0.480 e. The molecule has 2 N–H and O–H groups in total. The van der Waals surface area contributed by atoms with Gasteiger partial charge in [0, 0.05) is 0 Å². The van der Waals surface area contributed by atoms with Crippen LogP contribution in [0.1, 0.15) is 25.8 Å². The third kappa shape index (κ3) is 5.99. The number of carbonyl (C=O) groups excluding carboxylic acids is 1. The lowest BCUT2D eigenvalue weighted by atomic mass is 10.1. The van der Waals surface area contributed by atoms with E-state index in [4.69, 9.17) is 5.11 Å². The van der Waals surface area contributed by atoms with Gasteiger partial charge in [-0.15, -0.1) is 0 Å². The summed E-state index contributed by atoms with van der Waals surface area (Å²) in [5.74, 6) is -1.70. The molecular weight excluding hydrogens is 322 g/mol. The number of nitrogens with one attached hydrogen (secondary N) is 1. The summed E-state index contributed by atoms with van der Waals surface area (Å²) in [6, 6.07) is 4.55. The van der Waals surface area contributed by atoms with Crippen LogP contribution in [0.3, 0.4) is 0 Å². The van der Waals surface area contributed by atoms with Crippen LogP contribution < -0.4 is 4.72 Å². The number of rotatable bonds is 8. The number of methoxy groups -OCH3 is 1. The summed E-state index contributed by atoms with van der Waals surface area (Å²) in [6.45, 7) is 3.61. The number of carboxylic acid groups (broad SMARTS) is 1. The Bertz CT molecular complexity index is 668. The van der Waals surface area contributed by atoms with E-state index < -0.39 is 28.0 Å². The summed E-state index contributed by atoms with van der Waals surface area (Å²) in [5.41, 5.74) is 0.468. The highest BCUT2D eigenvalue weighted by atomic mass is 32.2. The van der Waals surface area contributed by atoms with E-state index in [1.807, 2.05) is 0 Å². The van der Waals surface area contributed by atoms with Gasteiger partial charge >= 0.3 is 11.9 Å². The highest BCUT2D eigenvalue weighted by molar-refractivity contribution is 7.89. The summed E-state index contributed by atoms with van der Waals surface area (Å²) in [5, 5.41) is 9.15. The maximum Gasteiger partial charge on any atom is 0.321 e. The van der Waals surface area contributed by atoms with Crippen LogP contribution >= 0.6 is 0 Å². The largest absolute Gasteiger partial charge is 0.480 e. The molecule has 0 radical (unpaired) electrons. The summed E-state index contributed by atoms with van der Waals surface area (Å²) >= 11 is 0. The van der Waals surface area contributed by atoms with Gasteiger partial charge in [0.25, 0.3) is 0 Å². The van der Waals surface area contributed by atoms with Gasteiger partial charge in [-0.3, -0.25) is 9.59 Å². The number of aliphatic carboxylic acids is 1. The zero-order valence-corrected chi connectivity index (χ0v) is 14.1. The van der Waals surface area contributed by atoms with E-state index in [1.165, 1.54) is 25.3 Å². The molecule has 8 heteroatoms. The fraction of sp³-hybridized carbons (Fsp3) is 0.467. The van der Waals surface area contributed by atoms with Crippen LogP contribution in [0.4, 0.5) is 0 Å². The van der Waals surface area contributed by atoms with Crippen molar-refractivity contribution in [2.24, 2.45) is 5.92 Å². The molecule has 23 heavy (non-hydrogen) atoms. The van der Waals surface area contributed by atoms with E-state index in [0.29, 0.717) is 5.56 Å². The fourth-order valence-corrected chi connectivity index (χ4v) is 3.26. The number of hydrogen-bond acceptors (Lipinski definition) is 5. The van der Waals surface area contributed by atoms with Gasteiger partial charge in [0.15, 0.2) is 0 Å². The van der Waals surface area contributed by atoms with E-state index in [0.717, 1.165) is 0 Å². The maximum atomic E-state index is 12.3. The molecule has 7 nitrogen and oxygen atoms in total. The number of carbonyl (C=O) groups is 2. The lowest BCUT2D eigenvalue weighted by Gasteiger charge is -2.17. The molecule has 1 rings (SSSR count). The first-order valence-corrected chi connectivity index (χ1v) is 8.55. The molecule has 0 heterocycles. The van der Waals surface area contributed by atoms with Gasteiger partial charge in [-0.2, -0.15) is 4.72 Å². The van der Waals surface area contributed by atoms with Crippen molar-refractivity contribution >= 4 is 22.0 Å². The Morgan fingerprint density at radius 1 is 1.30 bits per heavy atom. The predicted molar refractivity (Wildman–Crippen MR) is 83.4 cm³/mol. The SMILES string of the molecule is COC(=O)Cc1cccc(S(=O)(=O)NC(CC(C)C)C(=O)O)c1. The molecule has 0 aliphatic heterocycles. The van der Waals surface area contributed by atoms with E-state index in [-0.39, 0.29) is 23.7 Å². The lowest BCUT2D eigenvalue weighted by molar-refractivity contribution is -0.140. The Balaban J connectivity index is 3.01. The molecule has 0 saturated heterocycles. The molecule has 1 aromatic carbocycles. The van der Waals surface area contributed by atoms with Gasteiger partial charge in [-0.05, 0) is 30.0 Å². The second kappa shape index (κ2) is 8.07. The number of esters is 1. The van der Waals surface area contributed by atoms with Crippen LogP contribution in [0, 0.1) is 5.92 Å². The molecule has 1 atom stereocenters. The molecule has 0 spiro atoms. The summed E-state index contributed by atoms with van der Waals surface area (Å²) < 4.78 is 31.4. The first kappa shape index (κ1) is 19.1. The smallest absolute Gasteiger partial charge is 0.321 e. The van der Waals surface area contributed by atoms with Crippen molar-refractivity contribution in [3.63, 3.8) is 0 Å². The standard InChI is InChI=1S/C15H21NO6S/c1-10(2)7-13(15(18)19)16-23(20,21)12-6-4-5-11(8-12)9-14(17)22-3/h4-6,8,10,13,16H,7,9H2,1-3H3,(H,18,19). The molecule has 1 aromatic rings. The average Bonchev–Trinajstić information content (AvgIpc) is 2.46. The van der Waals surface area contributed by atoms with Crippen molar-refractivity contribution < 1.29 is 27.9 Å². The predicted octanol–water partition coefficient (Wildman–Crippen LogP) is 1.18. The first-order valence-electron chi connectivity index (χ1n) is 7.06.